The molecule has 2 saturated carbocycles. The Labute approximate surface area is 90.8 Å². The fourth-order valence-electron chi connectivity index (χ4n) is 3.50. The van der Waals surface area contributed by atoms with Crippen molar-refractivity contribution >= 4 is 5.97 Å². The number of hydrogen-bond donors (Lipinski definition) is 1. The molecule has 2 aliphatic rings. The normalized spacial score (nSPS) is 49.1. The predicted octanol–water partition coefficient (Wildman–Crippen LogP) is 1.74. The van der Waals surface area contributed by atoms with Gasteiger partial charge in [0.05, 0.1) is 18.6 Å². The summed E-state index contributed by atoms with van der Waals surface area (Å²) in [6, 6.07) is 0. The second kappa shape index (κ2) is 3.21. The van der Waals surface area contributed by atoms with Crippen molar-refractivity contribution in [2.75, 3.05) is 7.11 Å². The quantitative estimate of drug-likeness (QED) is 0.673. The van der Waals surface area contributed by atoms with Gasteiger partial charge in [0.2, 0.25) is 0 Å². The molecule has 0 aromatic heterocycles. The Morgan fingerprint density at radius 2 is 2.20 bits per heavy atom. The zero-order valence-corrected chi connectivity index (χ0v) is 9.75. The molecule has 0 unspecified atom stereocenters. The molecule has 0 saturated heterocycles. The topological polar surface area (TPSA) is 46.5 Å². The summed E-state index contributed by atoms with van der Waals surface area (Å²) in [4.78, 5) is 11.7. The first-order valence-electron chi connectivity index (χ1n) is 5.71. The average molecular weight is 212 g/mol. The Bertz CT molecular complexity index is 289. The molecule has 0 aliphatic heterocycles. The third-order valence-corrected chi connectivity index (χ3v) is 4.53. The molecule has 0 spiro atoms. The maximum absolute atomic E-state index is 11.7. The highest BCUT2D eigenvalue weighted by molar-refractivity contribution is 5.74. The van der Waals surface area contributed by atoms with Crippen LogP contribution in [-0.4, -0.2) is 23.8 Å². The summed E-state index contributed by atoms with van der Waals surface area (Å²) in [5.41, 5.74) is -0.680. The van der Waals surface area contributed by atoms with Crippen LogP contribution < -0.4 is 0 Å². The number of fused-ring (bicyclic) bond motifs is 2. The zero-order valence-electron chi connectivity index (χ0n) is 9.75. The largest absolute Gasteiger partial charge is 0.469 e. The Balaban J connectivity index is 2.31. The van der Waals surface area contributed by atoms with Crippen LogP contribution in [0.3, 0.4) is 0 Å². The van der Waals surface area contributed by atoms with Gasteiger partial charge in [-0.2, -0.15) is 0 Å². The number of rotatable bonds is 1. The van der Waals surface area contributed by atoms with E-state index >= 15 is 0 Å². The van der Waals surface area contributed by atoms with Crippen LogP contribution in [0.15, 0.2) is 0 Å². The second-order valence-electron chi connectivity index (χ2n) is 5.70. The van der Waals surface area contributed by atoms with E-state index in [2.05, 4.69) is 6.92 Å². The number of methoxy groups -OCH3 is 1. The molecule has 15 heavy (non-hydrogen) atoms. The number of hydrogen-bond acceptors (Lipinski definition) is 3. The molecule has 0 radical (unpaired) electrons. The van der Waals surface area contributed by atoms with Gasteiger partial charge in [-0.05, 0) is 37.0 Å². The fraction of sp³-hybridized carbons (Fsp3) is 0.917. The number of aliphatic hydroxyl groups is 1. The van der Waals surface area contributed by atoms with Crippen LogP contribution in [0.4, 0.5) is 0 Å². The maximum Gasteiger partial charge on any atom is 0.311 e. The van der Waals surface area contributed by atoms with E-state index in [0.29, 0.717) is 0 Å². The molecule has 2 fully saturated rings. The van der Waals surface area contributed by atoms with E-state index < -0.39 is 5.60 Å². The van der Waals surface area contributed by atoms with E-state index in [1.807, 2.05) is 6.92 Å². The number of esters is 1. The molecule has 0 aromatic rings. The SMILES string of the molecule is COC(=O)[C@H]1C[C@]2(C)CC[C@@H](C)[C@]1(O)C2. The minimum Gasteiger partial charge on any atom is -0.469 e. The van der Waals surface area contributed by atoms with Crippen molar-refractivity contribution in [3.8, 4) is 0 Å². The lowest BCUT2D eigenvalue weighted by Crippen LogP contribution is -2.45. The second-order valence-corrected chi connectivity index (χ2v) is 5.70. The molecule has 2 bridgehead atoms. The van der Waals surface area contributed by atoms with Crippen molar-refractivity contribution in [2.24, 2.45) is 17.3 Å². The van der Waals surface area contributed by atoms with E-state index in [-0.39, 0.29) is 23.2 Å². The lowest BCUT2D eigenvalue weighted by Gasteiger charge is -2.40. The van der Waals surface area contributed by atoms with Gasteiger partial charge in [0, 0.05) is 0 Å². The van der Waals surface area contributed by atoms with Gasteiger partial charge < -0.3 is 9.84 Å². The first kappa shape index (κ1) is 10.9. The van der Waals surface area contributed by atoms with Crippen LogP contribution in [-0.2, 0) is 9.53 Å². The highest BCUT2D eigenvalue weighted by Gasteiger charge is 2.60. The van der Waals surface area contributed by atoms with Gasteiger partial charge in [-0.3, -0.25) is 4.79 Å². The Morgan fingerprint density at radius 1 is 1.53 bits per heavy atom. The number of ether oxygens (including phenoxy) is 1. The van der Waals surface area contributed by atoms with Gasteiger partial charge in [0.25, 0.3) is 0 Å². The third kappa shape index (κ3) is 1.48. The summed E-state index contributed by atoms with van der Waals surface area (Å²) in [5, 5.41) is 10.6. The van der Waals surface area contributed by atoms with Gasteiger partial charge in [-0.25, -0.2) is 0 Å². The number of carbonyl (C=O) groups excluding carboxylic acids is 1. The minimum absolute atomic E-state index is 0.139. The molecule has 3 heteroatoms. The van der Waals surface area contributed by atoms with Crippen LogP contribution in [0.1, 0.15) is 39.5 Å². The smallest absolute Gasteiger partial charge is 0.311 e. The molecular formula is C12H20O3. The van der Waals surface area contributed by atoms with Gasteiger partial charge in [0.15, 0.2) is 0 Å². The molecule has 1 N–H and O–H groups in total. The average Bonchev–Trinajstić information content (AvgIpc) is 2.43. The summed E-state index contributed by atoms with van der Waals surface area (Å²) in [7, 11) is 1.40. The van der Waals surface area contributed by atoms with E-state index in [0.717, 1.165) is 25.7 Å². The molecule has 0 aromatic carbocycles. The third-order valence-electron chi connectivity index (χ3n) is 4.53. The van der Waals surface area contributed by atoms with E-state index in [9.17, 15) is 9.90 Å². The predicted molar refractivity (Wildman–Crippen MR) is 56.2 cm³/mol. The van der Waals surface area contributed by atoms with E-state index in [1.165, 1.54) is 7.11 Å². The summed E-state index contributed by atoms with van der Waals surface area (Å²) < 4.78 is 4.80. The standard InChI is InChI=1S/C12H20O3/c1-8-4-5-11(2)6-9(10(13)15-3)12(8,14)7-11/h8-9,14H,4-7H2,1-3H3/t8-,9-,11+,12-/m1/s1. The summed E-state index contributed by atoms with van der Waals surface area (Å²) in [6.45, 7) is 4.22. The lowest BCUT2D eigenvalue weighted by molar-refractivity contribution is -0.157. The minimum atomic E-state index is -0.819. The monoisotopic (exact) mass is 212 g/mol. The van der Waals surface area contributed by atoms with Crippen molar-refractivity contribution in [3.63, 3.8) is 0 Å². The zero-order chi connectivity index (χ0) is 11.3. The molecule has 4 atom stereocenters. The van der Waals surface area contributed by atoms with Crippen LogP contribution in [0.2, 0.25) is 0 Å². The van der Waals surface area contributed by atoms with E-state index in [1.54, 1.807) is 0 Å². The summed E-state index contributed by atoms with van der Waals surface area (Å²) in [6.07, 6.45) is 3.66. The van der Waals surface area contributed by atoms with Crippen LogP contribution in [0.25, 0.3) is 0 Å². The molecular weight excluding hydrogens is 192 g/mol. The Kier molecular flexibility index (Phi) is 2.34. The first-order valence-corrected chi connectivity index (χ1v) is 5.71. The van der Waals surface area contributed by atoms with Gasteiger partial charge >= 0.3 is 5.97 Å². The van der Waals surface area contributed by atoms with E-state index in [4.69, 9.17) is 4.74 Å². The van der Waals surface area contributed by atoms with Gasteiger partial charge in [-0.1, -0.05) is 13.8 Å². The fourth-order valence-corrected chi connectivity index (χ4v) is 3.50. The van der Waals surface area contributed by atoms with Crippen molar-refractivity contribution < 1.29 is 14.6 Å². The number of carbonyl (C=O) groups is 1. The van der Waals surface area contributed by atoms with Crippen LogP contribution >= 0.6 is 0 Å². The summed E-state index contributed by atoms with van der Waals surface area (Å²) in [5.74, 6) is -0.350. The van der Waals surface area contributed by atoms with Crippen molar-refractivity contribution in [1.29, 1.82) is 0 Å². The molecule has 3 nitrogen and oxygen atoms in total. The summed E-state index contributed by atoms with van der Waals surface area (Å²) >= 11 is 0. The highest BCUT2D eigenvalue weighted by atomic mass is 16.5. The Morgan fingerprint density at radius 3 is 2.80 bits per heavy atom. The Hall–Kier alpha value is -0.570. The first-order chi connectivity index (χ1) is 6.91. The molecule has 2 aliphatic carbocycles. The van der Waals surface area contributed by atoms with Crippen LogP contribution in [0, 0.1) is 17.3 Å². The molecule has 0 heterocycles. The van der Waals surface area contributed by atoms with Gasteiger partial charge in [0.1, 0.15) is 0 Å². The lowest BCUT2D eigenvalue weighted by atomic mass is 9.70. The molecule has 2 rings (SSSR count). The highest BCUT2D eigenvalue weighted by Crippen LogP contribution is 2.58. The van der Waals surface area contributed by atoms with Crippen molar-refractivity contribution in [3.05, 3.63) is 0 Å². The molecule has 0 amide bonds. The van der Waals surface area contributed by atoms with Crippen molar-refractivity contribution in [2.45, 2.75) is 45.1 Å². The van der Waals surface area contributed by atoms with Gasteiger partial charge in [-0.15, -0.1) is 0 Å². The maximum atomic E-state index is 11.7. The van der Waals surface area contributed by atoms with Crippen molar-refractivity contribution in [1.82, 2.24) is 0 Å². The molecule has 86 valence electrons. The van der Waals surface area contributed by atoms with Crippen LogP contribution in [0.5, 0.6) is 0 Å².